The molecule has 1 fully saturated rings. The highest BCUT2D eigenvalue weighted by Gasteiger charge is 2.34. The van der Waals surface area contributed by atoms with Crippen LogP contribution >= 0.6 is 0 Å². The van der Waals surface area contributed by atoms with Crippen LogP contribution in [-0.4, -0.2) is 36.8 Å². The summed E-state index contributed by atoms with van der Waals surface area (Å²) in [6.07, 6.45) is 0.517. The lowest BCUT2D eigenvalue weighted by Crippen LogP contribution is -2.49. The van der Waals surface area contributed by atoms with Crippen LogP contribution in [0.1, 0.15) is 19.4 Å². The highest BCUT2D eigenvalue weighted by molar-refractivity contribution is 5.13. The fraction of sp³-hybridized carbons (Fsp3) is 0.571. The van der Waals surface area contributed by atoms with Gasteiger partial charge in [-0.15, -0.1) is 0 Å². The van der Waals surface area contributed by atoms with Crippen LogP contribution in [0.25, 0.3) is 0 Å². The van der Waals surface area contributed by atoms with Gasteiger partial charge >= 0.3 is 0 Å². The zero-order valence-electron chi connectivity index (χ0n) is 10.4. The molecule has 0 radical (unpaired) electrons. The minimum atomic E-state index is 0.517. The van der Waals surface area contributed by atoms with Gasteiger partial charge in [-0.3, -0.25) is 0 Å². The zero-order valence-corrected chi connectivity index (χ0v) is 10.4. The minimum absolute atomic E-state index is 0.517. The number of quaternary nitrogens is 1. The number of likely N-dealkylation sites (N-methyl/N-ethyl adjacent to an activating group) is 1. The standard InChI is InChI=1S/C14H22NO/c1-3-15(4-2,11-14-12-16-14)10-13-8-6-5-7-9-13/h5-9,14H,3-4,10-12H2,1-2H3/q+1. The van der Waals surface area contributed by atoms with Gasteiger partial charge in [0.05, 0.1) is 19.7 Å². The SMILES string of the molecule is CC[N+](CC)(Cc1ccccc1)CC1CO1. The van der Waals surface area contributed by atoms with E-state index in [9.17, 15) is 0 Å². The molecule has 1 aliphatic rings. The van der Waals surface area contributed by atoms with Gasteiger partial charge in [-0.25, -0.2) is 0 Å². The van der Waals surface area contributed by atoms with Crippen LogP contribution in [0.2, 0.25) is 0 Å². The summed E-state index contributed by atoms with van der Waals surface area (Å²) < 4.78 is 6.54. The van der Waals surface area contributed by atoms with E-state index < -0.39 is 0 Å². The third kappa shape index (κ3) is 2.83. The van der Waals surface area contributed by atoms with Crippen LogP contribution in [0.15, 0.2) is 30.3 Å². The Balaban J connectivity index is 2.06. The average molecular weight is 220 g/mol. The number of epoxide rings is 1. The van der Waals surface area contributed by atoms with Crippen LogP contribution in [0, 0.1) is 0 Å². The van der Waals surface area contributed by atoms with Crippen molar-refractivity contribution in [3.05, 3.63) is 35.9 Å². The summed E-state index contributed by atoms with van der Waals surface area (Å²) in [5, 5.41) is 0. The molecule has 1 saturated heterocycles. The van der Waals surface area contributed by atoms with Gasteiger partial charge in [0.15, 0.2) is 0 Å². The molecule has 0 amide bonds. The second-order valence-electron chi connectivity index (χ2n) is 4.76. The number of rotatable bonds is 6. The smallest absolute Gasteiger partial charge is 0.130 e. The van der Waals surface area contributed by atoms with E-state index in [1.807, 2.05) is 0 Å². The molecule has 88 valence electrons. The first kappa shape index (κ1) is 11.6. The highest BCUT2D eigenvalue weighted by Crippen LogP contribution is 2.20. The molecule has 1 aromatic rings. The zero-order chi connectivity index (χ0) is 11.4. The second kappa shape index (κ2) is 4.98. The van der Waals surface area contributed by atoms with Gasteiger partial charge in [0, 0.05) is 5.56 Å². The van der Waals surface area contributed by atoms with Crippen molar-refractivity contribution < 1.29 is 9.22 Å². The predicted molar refractivity (Wildman–Crippen MR) is 66.1 cm³/mol. The van der Waals surface area contributed by atoms with Gasteiger partial charge in [-0.1, -0.05) is 30.3 Å². The normalized spacial score (nSPS) is 19.8. The largest absolute Gasteiger partial charge is 0.367 e. The molecule has 1 atom stereocenters. The van der Waals surface area contributed by atoms with Crippen molar-refractivity contribution in [1.29, 1.82) is 0 Å². The first-order valence-corrected chi connectivity index (χ1v) is 6.28. The predicted octanol–water partition coefficient (Wildman–Crippen LogP) is 2.44. The maximum Gasteiger partial charge on any atom is 0.130 e. The van der Waals surface area contributed by atoms with Crippen LogP contribution in [-0.2, 0) is 11.3 Å². The molecule has 2 heteroatoms. The summed E-state index contributed by atoms with van der Waals surface area (Å²) >= 11 is 0. The quantitative estimate of drug-likeness (QED) is 0.530. The molecule has 1 unspecified atom stereocenters. The summed E-state index contributed by atoms with van der Waals surface area (Å²) in [6.45, 7) is 10.2. The second-order valence-corrected chi connectivity index (χ2v) is 4.76. The van der Waals surface area contributed by atoms with E-state index in [0.717, 1.165) is 17.6 Å². The lowest BCUT2D eigenvalue weighted by atomic mass is 10.1. The summed E-state index contributed by atoms with van der Waals surface area (Å²) in [5.74, 6) is 0. The molecule has 0 N–H and O–H groups in total. The van der Waals surface area contributed by atoms with Crippen molar-refractivity contribution in [2.75, 3.05) is 26.2 Å². The Morgan fingerprint density at radius 3 is 2.31 bits per heavy atom. The Bertz CT molecular complexity index is 315. The van der Waals surface area contributed by atoms with E-state index in [-0.39, 0.29) is 0 Å². The Hall–Kier alpha value is -0.860. The van der Waals surface area contributed by atoms with Gasteiger partial charge in [-0.05, 0) is 13.8 Å². The summed E-state index contributed by atoms with van der Waals surface area (Å²) in [7, 11) is 0. The average Bonchev–Trinajstić information content (AvgIpc) is 3.13. The fourth-order valence-electron chi connectivity index (χ4n) is 2.35. The van der Waals surface area contributed by atoms with Gasteiger partial charge in [0.25, 0.3) is 0 Å². The van der Waals surface area contributed by atoms with Crippen molar-refractivity contribution in [1.82, 2.24) is 0 Å². The van der Waals surface area contributed by atoms with Gasteiger partial charge in [0.1, 0.15) is 19.2 Å². The molecule has 16 heavy (non-hydrogen) atoms. The molecule has 0 aromatic heterocycles. The topological polar surface area (TPSA) is 12.5 Å². The van der Waals surface area contributed by atoms with Crippen LogP contribution in [0.5, 0.6) is 0 Å². The van der Waals surface area contributed by atoms with E-state index in [0.29, 0.717) is 6.10 Å². The van der Waals surface area contributed by atoms with E-state index in [4.69, 9.17) is 4.74 Å². The number of ether oxygens (including phenoxy) is 1. The lowest BCUT2D eigenvalue weighted by molar-refractivity contribution is -0.938. The summed E-state index contributed by atoms with van der Waals surface area (Å²) in [4.78, 5) is 0. The molecule has 2 nitrogen and oxygen atoms in total. The first-order valence-electron chi connectivity index (χ1n) is 6.28. The van der Waals surface area contributed by atoms with Crippen LogP contribution < -0.4 is 0 Å². The maximum atomic E-state index is 5.39. The van der Waals surface area contributed by atoms with E-state index in [1.165, 1.54) is 25.2 Å². The molecule has 1 aromatic carbocycles. The van der Waals surface area contributed by atoms with E-state index >= 15 is 0 Å². The van der Waals surface area contributed by atoms with Crippen LogP contribution in [0.4, 0.5) is 0 Å². The lowest BCUT2D eigenvalue weighted by Gasteiger charge is -2.36. The summed E-state index contributed by atoms with van der Waals surface area (Å²) in [6, 6.07) is 10.8. The Morgan fingerprint density at radius 1 is 1.19 bits per heavy atom. The van der Waals surface area contributed by atoms with Gasteiger partial charge < -0.3 is 9.22 Å². The van der Waals surface area contributed by atoms with Gasteiger partial charge in [-0.2, -0.15) is 0 Å². The van der Waals surface area contributed by atoms with Gasteiger partial charge in [0.2, 0.25) is 0 Å². The van der Waals surface area contributed by atoms with E-state index in [1.54, 1.807) is 0 Å². The fourth-order valence-corrected chi connectivity index (χ4v) is 2.35. The molecule has 0 spiro atoms. The van der Waals surface area contributed by atoms with E-state index in [2.05, 4.69) is 44.2 Å². The number of nitrogens with zero attached hydrogens (tertiary/aromatic N) is 1. The van der Waals surface area contributed by atoms with Crippen molar-refractivity contribution in [3.8, 4) is 0 Å². The van der Waals surface area contributed by atoms with Crippen molar-refractivity contribution in [2.24, 2.45) is 0 Å². The molecular formula is C14H22NO+. The Labute approximate surface area is 98.4 Å². The number of hydrogen-bond acceptors (Lipinski definition) is 1. The van der Waals surface area contributed by atoms with Crippen molar-refractivity contribution in [2.45, 2.75) is 26.5 Å². The molecule has 1 heterocycles. The molecule has 2 rings (SSSR count). The molecular weight excluding hydrogens is 198 g/mol. The Kier molecular flexibility index (Phi) is 3.62. The monoisotopic (exact) mass is 220 g/mol. The molecule has 0 aliphatic carbocycles. The third-order valence-electron chi connectivity index (χ3n) is 3.70. The molecule has 0 bridgehead atoms. The highest BCUT2D eigenvalue weighted by atomic mass is 16.6. The third-order valence-corrected chi connectivity index (χ3v) is 3.70. The first-order chi connectivity index (χ1) is 7.78. The maximum absolute atomic E-state index is 5.39. The van der Waals surface area contributed by atoms with Crippen molar-refractivity contribution in [3.63, 3.8) is 0 Å². The molecule has 0 saturated carbocycles. The molecule has 1 aliphatic heterocycles. The van der Waals surface area contributed by atoms with Crippen LogP contribution in [0.3, 0.4) is 0 Å². The minimum Gasteiger partial charge on any atom is -0.367 e. The van der Waals surface area contributed by atoms with Crippen molar-refractivity contribution >= 4 is 0 Å². The number of benzene rings is 1. The Morgan fingerprint density at radius 2 is 1.81 bits per heavy atom. The summed E-state index contributed by atoms with van der Waals surface area (Å²) in [5.41, 5.74) is 1.44. The number of hydrogen-bond donors (Lipinski definition) is 0.